The van der Waals surface area contributed by atoms with E-state index in [1.54, 1.807) is 6.92 Å². The number of carbonyl (C=O) groups excluding carboxylic acids is 1. The van der Waals surface area contributed by atoms with Gasteiger partial charge in [-0.2, -0.15) is 5.26 Å². The van der Waals surface area contributed by atoms with E-state index in [1.165, 1.54) is 6.07 Å². The van der Waals surface area contributed by atoms with Gasteiger partial charge < -0.3 is 14.6 Å². The van der Waals surface area contributed by atoms with Crippen LogP contribution in [0.2, 0.25) is 0 Å². The number of carbonyl (C=O) groups is 2. The zero-order valence-corrected chi connectivity index (χ0v) is 11.4. The molecule has 0 aromatic heterocycles. The highest BCUT2D eigenvalue weighted by molar-refractivity contribution is 5.90. The molecule has 0 heterocycles. The number of rotatable bonds is 6. The van der Waals surface area contributed by atoms with Crippen molar-refractivity contribution in [2.24, 2.45) is 0 Å². The van der Waals surface area contributed by atoms with Crippen molar-refractivity contribution in [3.63, 3.8) is 0 Å². The van der Waals surface area contributed by atoms with Crippen molar-refractivity contribution in [3.05, 3.63) is 24.3 Å². The van der Waals surface area contributed by atoms with Crippen LogP contribution in [0, 0.1) is 11.3 Å². The zero-order chi connectivity index (χ0) is 15.4. The third kappa shape index (κ3) is 13.8. The Balaban J connectivity index is 0. The lowest BCUT2D eigenvalue weighted by atomic mass is 10.4. The number of ether oxygens (including phenoxy) is 2. The van der Waals surface area contributed by atoms with E-state index in [2.05, 4.69) is 13.2 Å². The third-order valence-electron chi connectivity index (χ3n) is 1.51. The number of nitriles is 1. The molecule has 0 radical (unpaired) electrons. The molecule has 0 bridgehead atoms. The number of esters is 1. The summed E-state index contributed by atoms with van der Waals surface area (Å²) in [7, 11) is 0. The van der Waals surface area contributed by atoms with Gasteiger partial charge in [0.25, 0.3) is 0 Å². The summed E-state index contributed by atoms with van der Waals surface area (Å²) in [4.78, 5) is 20.4. The predicted octanol–water partition coefficient (Wildman–Crippen LogP) is 1.68. The summed E-state index contributed by atoms with van der Waals surface area (Å²) in [6.07, 6.45) is 0.175. The average molecular weight is 269 g/mol. The van der Waals surface area contributed by atoms with Crippen molar-refractivity contribution in [2.45, 2.75) is 26.9 Å². The molecular weight excluding hydrogens is 250 g/mol. The van der Waals surface area contributed by atoms with Crippen molar-refractivity contribution >= 4 is 11.9 Å². The molecule has 0 amide bonds. The molecule has 0 aromatic rings. The third-order valence-corrected chi connectivity index (χ3v) is 1.51. The Morgan fingerprint density at radius 2 is 1.84 bits per heavy atom. The first-order chi connectivity index (χ1) is 8.72. The fourth-order valence-electron chi connectivity index (χ4n) is 0.589. The second kappa shape index (κ2) is 11.0. The highest BCUT2D eigenvalue weighted by Crippen LogP contribution is 1.93. The quantitative estimate of drug-likeness (QED) is 0.341. The Bertz CT molecular complexity index is 379. The molecule has 0 aliphatic rings. The van der Waals surface area contributed by atoms with Crippen LogP contribution in [0.3, 0.4) is 0 Å². The predicted molar refractivity (Wildman–Crippen MR) is 69.2 cm³/mol. The molecule has 0 saturated heterocycles. The fourth-order valence-corrected chi connectivity index (χ4v) is 0.589. The van der Waals surface area contributed by atoms with Gasteiger partial charge in [-0.1, -0.05) is 13.2 Å². The first kappa shape index (κ1) is 19.2. The zero-order valence-electron chi connectivity index (χ0n) is 11.4. The summed E-state index contributed by atoms with van der Waals surface area (Å²) in [5.41, 5.74) is -0.0143. The largest absolute Gasteiger partial charge is 0.477 e. The molecule has 0 aromatic carbocycles. The molecular formula is C13H19NO5. The monoisotopic (exact) mass is 269 g/mol. The molecule has 0 aliphatic heterocycles. The molecule has 0 atom stereocenters. The maximum Gasteiger partial charge on any atom is 0.345 e. The van der Waals surface area contributed by atoms with Crippen LogP contribution in [0.1, 0.15) is 20.8 Å². The average Bonchev–Trinajstić information content (AvgIpc) is 2.33. The van der Waals surface area contributed by atoms with E-state index in [0.717, 1.165) is 0 Å². The lowest BCUT2D eigenvalue weighted by Gasteiger charge is -2.07. The van der Waals surface area contributed by atoms with Gasteiger partial charge in [-0.25, -0.2) is 9.59 Å². The summed E-state index contributed by atoms with van der Waals surface area (Å²) in [5.74, 6) is -1.62. The molecule has 0 saturated carbocycles. The summed E-state index contributed by atoms with van der Waals surface area (Å²) in [6, 6.07) is 1.37. The van der Waals surface area contributed by atoms with Crippen molar-refractivity contribution < 1.29 is 24.2 Å². The first-order valence-corrected chi connectivity index (χ1v) is 5.48. The van der Waals surface area contributed by atoms with Crippen molar-refractivity contribution in [1.82, 2.24) is 0 Å². The van der Waals surface area contributed by atoms with Gasteiger partial charge in [0.15, 0.2) is 0 Å². The highest BCUT2D eigenvalue weighted by Gasteiger charge is 2.02. The Kier molecular flexibility index (Phi) is 11.1. The van der Waals surface area contributed by atoms with Crippen LogP contribution in [0.4, 0.5) is 0 Å². The van der Waals surface area contributed by atoms with E-state index < -0.39 is 11.5 Å². The van der Waals surface area contributed by atoms with E-state index >= 15 is 0 Å². The molecule has 0 rings (SSSR count). The standard InChI is InChI=1S/C9H16O3.C4H3NO2/c1-7(2)9(10)12-6-5-11-8(3)4;1-3(2-5)4(6)7/h8H,1,5-6H2,2-4H3;1H2,(H,6,7). The van der Waals surface area contributed by atoms with E-state index in [-0.39, 0.29) is 12.1 Å². The van der Waals surface area contributed by atoms with Gasteiger partial charge in [-0.3, -0.25) is 0 Å². The minimum Gasteiger partial charge on any atom is -0.477 e. The van der Waals surface area contributed by atoms with E-state index in [4.69, 9.17) is 19.8 Å². The van der Waals surface area contributed by atoms with Gasteiger partial charge in [0.2, 0.25) is 0 Å². The molecule has 0 unspecified atom stereocenters. The Morgan fingerprint density at radius 3 is 2.11 bits per heavy atom. The normalized spacial score (nSPS) is 8.79. The van der Waals surface area contributed by atoms with E-state index in [0.29, 0.717) is 18.8 Å². The summed E-state index contributed by atoms with van der Waals surface area (Å²) in [6.45, 7) is 12.6. The van der Waals surface area contributed by atoms with Crippen LogP contribution in [0.5, 0.6) is 0 Å². The second-order valence-electron chi connectivity index (χ2n) is 3.73. The molecule has 19 heavy (non-hydrogen) atoms. The molecule has 6 heteroatoms. The number of hydrogen-bond acceptors (Lipinski definition) is 5. The number of carboxylic acids is 1. The molecule has 106 valence electrons. The second-order valence-corrected chi connectivity index (χ2v) is 3.73. The van der Waals surface area contributed by atoms with Crippen molar-refractivity contribution in [2.75, 3.05) is 13.2 Å². The van der Waals surface area contributed by atoms with Gasteiger partial charge in [0.1, 0.15) is 18.2 Å². The Hall–Kier alpha value is -2.13. The molecule has 1 N–H and O–H groups in total. The Morgan fingerprint density at radius 1 is 1.32 bits per heavy atom. The minimum atomic E-state index is -1.26. The van der Waals surface area contributed by atoms with Crippen molar-refractivity contribution in [1.29, 1.82) is 5.26 Å². The van der Waals surface area contributed by atoms with Gasteiger partial charge in [0.05, 0.1) is 12.7 Å². The van der Waals surface area contributed by atoms with Crippen LogP contribution in [0.15, 0.2) is 24.3 Å². The number of nitrogens with zero attached hydrogens (tertiary/aromatic N) is 1. The maximum absolute atomic E-state index is 10.8. The molecule has 6 nitrogen and oxygen atoms in total. The molecule has 0 fully saturated rings. The fraction of sp³-hybridized carbons (Fsp3) is 0.462. The van der Waals surface area contributed by atoms with Gasteiger partial charge in [-0.05, 0) is 20.8 Å². The smallest absolute Gasteiger partial charge is 0.345 e. The van der Waals surface area contributed by atoms with E-state index in [9.17, 15) is 9.59 Å². The maximum atomic E-state index is 10.8. The summed E-state index contributed by atoms with van der Waals surface area (Å²) >= 11 is 0. The summed E-state index contributed by atoms with van der Waals surface area (Å²) < 4.78 is 9.96. The topological polar surface area (TPSA) is 96.6 Å². The highest BCUT2D eigenvalue weighted by atomic mass is 16.6. The number of carboxylic acid groups (broad SMARTS) is 1. The lowest BCUT2D eigenvalue weighted by molar-refractivity contribution is -0.141. The van der Waals surface area contributed by atoms with Gasteiger partial charge in [0, 0.05) is 5.57 Å². The van der Waals surface area contributed by atoms with Gasteiger partial charge >= 0.3 is 11.9 Å². The van der Waals surface area contributed by atoms with Crippen LogP contribution in [-0.2, 0) is 19.1 Å². The van der Waals surface area contributed by atoms with Crippen LogP contribution in [0.25, 0.3) is 0 Å². The van der Waals surface area contributed by atoms with Crippen LogP contribution in [-0.4, -0.2) is 36.4 Å². The molecule has 0 aliphatic carbocycles. The van der Waals surface area contributed by atoms with Crippen LogP contribution < -0.4 is 0 Å². The van der Waals surface area contributed by atoms with Crippen molar-refractivity contribution in [3.8, 4) is 6.07 Å². The number of hydrogen-bond donors (Lipinski definition) is 1. The Labute approximate surface area is 112 Å². The first-order valence-electron chi connectivity index (χ1n) is 5.48. The number of aliphatic carboxylic acids is 1. The lowest BCUT2D eigenvalue weighted by Crippen LogP contribution is -2.13. The molecule has 0 spiro atoms. The summed E-state index contributed by atoms with van der Waals surface area (Å²) in [5, 5.41) is 15.6. The van der Waals surface area contributed by atoms with Gasteiger partial charge in [-0.15, -0.1) is 0 Å². The van der Waals surface area contributed by atoms with E-state index in [1.807, 2.05) is 13.8 Å². The SMILES string of the molecule is C=C(C#N)C(=O)O.C=C(C)C(=O)OCCOC(C)C. The van der Waals surface area contributed by atoms with Crippen LogP contribution >= 0.6 is 0 Å². The minimum absolute atomic E-state index is 0.175.